The quantitative estimate of drug-likeness (QED) is 0.595. The summed E-state index contributed by atoms with van der Waals surface area (Å²) in [5.41, 5.74) is 1.47. The topological polar surface area (TPSA) is 12.9 Å². The third-order valence-electron chi connectivity index (χ3n) is 2.25. The minimum Gasteiger partial charge on any atom is -0.246 e. The Morgan fingerprint density at radius 3 is 2.64 bits per heavy atom. The van der Waals surface area contributed by atoms with Crippen molar-refractivity contribution in [1.82, 2.24) is 4.98 Å². The first kappa shape index (κ1) is 9.72. The van der Waals surface area contributed by atoms with E-state index in [-0.39, 0.29) is 5.41 Å². The summed E-state index contributed by atoms with van der Waals surface area (Å²) in [6, 6.07) is 4.47. The molecule has 0 aromatic carbocycles. The van der Waals surface area contributed by atoms with Gasteiger partial charge < -0.3 is 0 Å². The summed E-state index contributed by atoms with van der Waals surface area (Å²) in [6.45, 7) is 6.72. The predicted molar refractivity (Wildman–Crippen MR) is 66.5 cm³/mol. The molecule has 0 saturated carbocycles. The van der Waals surface area contributed by atoms with E-state index in [1.165, 1.54) is 15.7 Å². The average molecular weight is 203 g/mol. The van der Waals surface area contributed by atoms with Crippen LogP contribution in [0.4, 0.5) is 0 Å². The van der Waals surface area contributed by atoms with E-state index >= 15 is 0 Å². The second-order valence-corrected chi connectivity index (χ2v) is 5.80. The lowest BCUT2D eigenvalue weighted by atomic mass is 9.93. The van der Waals surface area contributed by atoms with Gasteiger partial charge in [-0.25, -0.2) is 4.98 Å². The molecule has 3 heteroatoms. The van der Waals surface area contributed by atoms with Crippen LogP contribution in [0.3, 0.4) is 0 Å². The van der Waals surface area contributed by atoms with Gasteiger partial charge in [-0.3, -0.25) is 0 Å². The van der Waals surface area contributed by atoms with Gasteiger partial charge in [0.25, 0.3) is 0 Å². The number of aromatic nitrogens is 1. The van der Waals surface area contributed by atoms with E-state index in [1.54, 1.807) is 11.3 Å². The van der Waals surface area contributed by atoms with Crippen LogP contribution in [0, 0.1) is 0 Å². The summed E-state index contributed by atoms with van der Waals surface area (Å²) in [6.07, 6.45) is 1.94. The maximum atomic E-state index is 4.43. The second-order valence-electron chi connectivity index (χ2n) is 4.77. The molecule has 2 aromatic heterocycles. The predicted octanol–water partition coefficient (Wildman–Crippen LogP) is 1.85. The van der Waals surface area contributed by atoms with Crippen molar-refractivity contribution in [3.8, 4) is 0 Å². The minimum atomic E-state index is 0.235. The standard InChI is InChI=1S/C11H14BNS/c1-11(2,3)9-5-7-4-8(12)6-13-10(7)14-9/h4-6H,12H2,1-3H3. The summed E-state index contributed by atoms with van der Waals surface area (Å²) in [5, 5.41) is 1.28. The minimum absolute atomic E-state index is 0.235. The molecule has 0 spiro atoms. The first-order chi connectivity index (χ1) is 6.47. The van der Waals surface area contributed by atoms with Crippen LogP contribution in [0.25, 0.3) is 10.2 Å². The highest BCUT2D eigenvalue weighted by molar-refractivity contribution is 7.18. The summed E-state index contributed by atoms with van der Waals surface area (Å²) >= 11 is 1.80. The summed E-state index contributed by atoms with van der Waals surface area (Å²) < 4.78 is 0. The highest BCUT2D eigenvalue weighted by Crippen LogP contribution is 2.32. The van der Waals surface area contributed by atoms with E-state index in [1.807, 2.05) is 6.20 Å². The maximum absolute atomic E-state index is 4.43. The third-order valence-corrected chi connectivity index (χ3v) is 3.73. The van der Waals surface area contributed by atoms with Gasteiger partial charge in [-0.1, -0.05) is 32.3 Å². The van der Waals surface area contributed by atoms with Gasteiger partial charge in [-0.15, -0.1) is 11.3 Å². The molecule has 14 heavy (non-hydrogen) atoms. The Morgan fingerprint density at radius 1 is 1.29 bits per heavy atom. The number of thiophene rings is 1. The molecule has 72 valence electrons. The van der Waals surface area contributed by atoms with Crippen molar-refractivity contribution in [2.45, 2.75) is 26.2 Å². The van der Waals surface area contributed by atoms with E-state index in [4.69, 9.17) is 0 Å². The zero-order valence-corrected chi connectivity index (χ0v) is 9.90. The van der Waals surface area contributed by atoms with Crippen molar-refractivity contribution in [1.29, 1.82) is 0 Å². The number of rotatable bonds is 0. The smallest absolute Gasteiger partial charge is 0.141 e. The SMILES string of the molecule is Bc1cnc2sc(C(C)(C)C)cc2c1. The Balaban J connectivity index is 2.63. The monoisotopic (exact) mass is 203 g/mol. The first-order valence-corrected chi connectivity index (χ1v) is 5.65. The van der Waals surface area contributed by atoms with E-state index in [9.17, 15) is 0 Å². The van der Waals surface area contributed by atoms with Crippen molar-refractivity contribution in [3.05, 3.63) is 23.2 Å². The molecule has 0 amide bonds. The Kier molecular flexibility index (Phi) is 2.15. The molecule has 0 aliphatic rings. The Hall–Kier alpha value is -0.825. The number of fused-ring (bicyclic) bond motifs is 1. The molecule has 0 saturated heterocycles. The largest absolute Gasteiger partial charge is 0.246 e. The Morgan fingerprint density at radius 2 is 2.00 bits per heavy atom. The average Bonchev–Trinajstić information content (AvgIpc) is 2.45. The maximum Gasteiger partial charge on any atom is 0.141 e. The van der Waals surface area contributed by atoms with Crippen LogP contribution in [0.2, 0.25) is 0 Å². The molecule has 0 atom stereocenters. The molecule has 0 fully saturated rings. The van der Waals surface area contributed by atoms with Crippen LogP contribution < -0.4 is 5.46 Å². The molecule has 0 N–H and O–H groups in total. The van der Waals surface area contributed by atoms with Crippen LogP contribution in [0.5, 0.6) is 0 Å². The molecule has 2 rings (SSSR count). The van der Waals surface area contributed by atoms with Gasteiger partial charge in [-0.05, 0) is 11.5 Å². The van der Waals surface area contributed by atoms with E-state index in [0.29, 0.717) is 0 Å². The molecular weight excluding hydrogens is 189 g/mol. The Labute approximate surface area is 89.6 Å². The molecule has 0 aliphatic carbocycles. The van der Waals surface area contributed by atoms with Crippen molar-refractivity contribution < 1.29 is 0 Å². The fraction of sp³-hybridized carbons (Fsp3) is 0.364. The van der Waals surface area contributed by atoms with Gasteiger partial charge in [0.1, 0.15) is 12.7 Å². The third kappa shape index (κ3) is 1.69. The molecule has 0 radical (unpaired) electrons. The van der Waals surface area contributed by atoms with E-state index < -0.39 is 0 Å². The highest BCUT2D eigenvalue weighted by Gasteiger charge is 2.16. The molecule has 0 bridgehead atoms. The van der Waals surface area contributed by atoms with Gasteiger partial charge in [0.15, 0.2) is 0 Å². The fourth-order valence-corrected chi connectivity index (χ4v) is 2.45. The summed E-state index contributed by atoms with van der Waals surface area (Å²) in [4.78, 5) is 6.99. The summed E-state index contributed by atoms with van der Waals surface area (Å²) in [5.74, 6) is 0. The van der Waals surface area contributed by atoms with Crippen LogP contribution in [-0.4, -0.2) is 12.8 Å². The normalized spacial score (nSPS) is 12.2. The van der Waals surface area contributed by atoms with Crippen molar-refractivity contribution in [3.63, 3.8) is 0 Å². The van der Waals surface area contributed by atoms with Crippen molar-refractivity contribution in [2.75, 3.05) is 0 Å². The number of nitrogens with zero attached hydrogens (tertiary/aromatic N) is 1. The van der Waals surface area contributed by atoms with Crippen LogP contribution in [-0.2, 0) is 5.41 Å². The zero-order valence-electron chi connectivity index (χ0n) is 9.09. The summed E-state index contributed by atoms with van der Waals surface area (Å²) in [7, 11) is 2.08. The zero-order chi connectivity index (χ0) is 10.3. The fourth-order valence-electron chi connectivity index (χ4n) is 1.41. The first-order valence-electron chi connectivity index (χ1n) is 4.83. The van der Waals surface area contributed by atoms with Gasteiger partial charge in [0.05, 0.1) is 0 Å². The lowest BCUT2D eigenvalue weighted by molar-refractivity contribution is 0.604. The van der Waals surface area contributed by atoms with E-state index in [2.05, 4.69) is 45.7 Å². The van der Waals surface area contributed by atoms with Crippen LogP contribution in [0.15, 0.2) is 18.3 Å². The Bertz CT molecular complexity index is 468. The molecule has 0 aliphatic heterocycles. The second kappa shape index (κ2) is 3.09. The van der Waals surface area contributed by atoms with Crippen molar-refractivity contribution >= 4 is 34.9 Å². The van der Waals surface area contributed by atoms with Crippen LogP contribution >= 0.6 is 11.3 Å². The number of hydrogen-bond acceptors (Lipinski definition) is 2. The van der Waals surface area contributed by atoms with Gasteiger partial charge in [0, 0.05) is 16.5 Å². The molecule has 1 nitrogen and oxygen atoms in total. The van der Waals surface area contributed by atoms with Gasteiger partial charge >= 0.3 is 0 Å². The van der Waals surface area contributed by atoms with Gasteiger partial charge in [-0.2, -0.15) is 0 Å². The molecule has 0 unspecified atom stereocenters. The van der Waals surface area contributed by atoms with Gasteiger partial charge in [0.2, 0.25) is 0 Å². The molecular formula is C11H14BNS. The molecule has 2 aromatic rings. The lowest BCUT2D eigenvalue weighted by Gasteiger charge is -2.14. The van der Waals surface area contributed by atoms with E-state index in [0.717, 1.165) is 4.83 Å². The van der Waals surface area contributed by atoms with Crippen molar-refractivity contribution in [2.24, 2.45) is 0 Å². The highest BCUT2D eigenvalue weighted by atomic mass is 32.1. The van der Waals surface area contributed by atoms with Crippen LogP contribution in [0.1, 0.15) is 25.6 Å². The lowest BCUT2D eigenvalue weighted by Crippen LogP contribution is -2.07. The number of hydrogen-bond donors (Lipinski definition) is 0. The number of pyridine rings is 1. The molecule has 2 heterocycles.